The molecule has 0 heterocycles. The van der Waals surface area contributed by atoms with Gasteiger partial charge in [0.2, 0.25) is 0 Å². The summed E-state index contributed by atoms with van der Waals surface area (Å²) in [5.74, 6) is -1.85. The number of carbonyl (C=O) groups is 3. The maximum atomic E-state index is 11.9. The molecule has 0 radical (unpaired) electrons. The topological polar surface area (TPSA) is 91.4 Å². The summed E-state index contributed by atoms with van der Waals surface area (Å²) in [4.78, 5) is 35.4. The first-order valence-electron chi connectivity index (χ1n) is 6.23. The summed E-state index contributed by atoms with van der Waals surface area (Å²) < 4.78 is 18.9. The molecule has 0 saturated carbocycles. The summed E-state index contributed by atoms with van der Waals surface area (Å²) in [7, 11) is 4.23. The Morgan fingerprint density at radius 3 is 1.90 bits per heavy atom. The van der Waals surface area contributed by atoms with Gasteiger partial charge in [0.05, 0.1) is 20.3 Å². The highest BCUT2D eigenvalue weighted by Gasteiger charge is 2.14. The van der Waals surface area contributed by atoms with Crippen LogP contribution in [-0.4, -0.2) is 77.0 Å². The number of nitrogens with zero attached hydrogens (tertiary/aromatic N) is 1. The highest BCUT2D eigenvalue weighted by atomic mass is 16.5. The Balaban J connectivity index is 4.24. The molecule has 8 nitrogen and oxygen atoms in total. The van der Waals surface area contributed by atoms with Gasteiger partial charge in [-0.3, -0.25) is 4.79 Å². The van der Waals surface area contributed by atoms with Crippen molar-refractivity contribution in [1.82, 2.24) is 4.90 Å². The Labute approximate surface area is 123 Å². The third-order valence-corrected chi connectivity index (χ3v) is 2.38. The lowest BCUT2D eigenvalue weighted by atomic mass is 10.4. The van der Waals surface area contributed by atoms with Crippen LogP contribution in [0.2, 0.25) is 0 Å². The molecule has 0 aliphatic heterocycles. The van der Waals surface area contributed by atoms with Crippen LogP contribution in [0.25, 0.3) is 0 Å². The van der Waals surface area contributed by atoms with Crippen molar-refractivity contribution < 1.29 is 33.3 Å². The first-order valence-corrected chi connectivity index (χ1v) is 6.23. The molecule has 0 bridgehead atoms. The summed E-state index contributed by atoms with van der Waals surface area (Å²) in [6.45, 7) is 1.05. The van der Waals surface area contributed by atoms with Gasteiger partial charge in [0.15, 0.2) is 6.61 Å². The zero-order valence-corrected chi connectivity index (χ0v) is 12.5. The average molecular weight is 303 g/mol. The fourth-order valence-corrected chi connectivity index (χ4v) is 1.24. The molecule has 1 amide bonds. The van der Waals surface area contributed by atoms with Gasteiger partial charge in [-0.2, -0.15) is 0 Å². The fraction of sp³-hybridized carbons (Fsp3) is 0.615. The molecule has 0 aliphatic carbocycles. The average Bonchev–Trinajstić information content (AvgIpc) is 2.50. The summed E-state index contributed by atoms with van der Waals surface area (Å²) in [5, 5.41) is 0. The van der Waals surface area contributed by atoms with Crippen LogP contribution in [0.1, 0.15) is 0 Å². The molecule has 0 N–H and O–H groups in total. The summed E-state index contributed by atoms with van der Waals surface area (Å²) in [6.07, 6.45) is 1.81. The smallest absolute Gasteiger partial charge is 0.331 e. The van der Waals surface area contributed by atoms with Crippen molar-refractivity contribution in [2.24, 2.45) is 0 Å². The zero-order valence-electron chi connectivity index (χ0n) is 12.5. The van der Waals surface area contributed by atoms with E-state index in [9.17, 15) is 14.4 Å². The minimum absolute atomic E-state index is 0.367. The van der Waals surface area contributed by atoms with Gasteiger partial charge in [-0.25, -0.2) is 9.59 Å². The van der Waals surface area contributed by atoms with E-state index in [0.29, 0.717) is 26.3 Å². The molecule has 120 valence electrons. The van der Waals surface area contributed by atoms with Crippen LogP contribution in [-0.2, 0) is 33.3 Å². The van der Waals surface area contributed by atoms with Crippen molar-refractivity contribution in [3.05, 3.63) is 12.2 Å². The molecular formula is C13H21NO7. The van der Waals surface area contributed by atoms with E-state index in [1.807, 2.05) is 0 Å². The summed E-state index contributed by atoms with van der Waals surface area (Å²) in [5.41, 5.74) is 0. The van der Waals surface area contributed by atoms with Crippen molar-refractivity contribution in [3.8, 4) is 0 Å². The third-order valence-electron chi connectivity index (χ3n) is 2.38. The van der Waals surface area contributed by atoms with Crippen molar-refractivity contribution in [3.63, 3.8) is 0 Å². The van der Waals surface area contributed by atoms with E-state index in [2.05, 4.69) is 4.74 Å². The molecule has 0 aromatic rings. The van der Waals surface area contributed by atoms with E-state index in [1.54, 1.807) is 0 Å². The lowest BCUT2D eigenvalue weighted by molar-refractivity contribution is -0.149. The van der Waals surface area contributed by atoms with E-state index in [4.69, 9.17) is 14.2 Å². The number of carbonyl (C=O) groups excluding carboxylic acids is 3. The molecule has 0 aromatic carbocycles. The molecule has 0 rings (SSSR count). The number of amides is 1. The minimum Gasteiger partial charge on any atom is -0.466 e. The second-order valence-electron chi connectivity index (χ2n) is 3.83. The van der Waals surface area contributed by atoms with Crippen LogP contribution in [0.4, 0.5) is 0 Å². The minimum atomic E-state index is -0.799. The molecule has 0 unspecified atom stereocenters. The van der Waals surface area contributed by atoms with E-state index < -0.39 is 18.5 Å². The number of rotatable bonds is 10. The van der Waals surface area contributed by atoms with Gasteiger partial charge in [-0.15, -0.1) is 0 Å². The molecule has 0 aromatic heterocycles. The molecule has 8 heteroatoms. The van der Waals surface area contributed by atoms with Gasteiger partial charge in [-0.05, 0) is 0 Å². The molecule has 0 atom stereocenters. The van der Waals surface area contributed by atoms with E-state index >= 15 is 0 Å². The molecule has 0 saturated heterocycles. The largest absolute Gasteiger partial charge is 0.466 e. The predicted molar refractivity (Wildman–Crippen MR) is 72.4 cm³/mol. The molecule has 0 fully saturated rings. The van der Waals surface area contributed by atoms with Crippen LogP contribution in [0.3, 0.4) is 0 Å². The van der Waals surface area contributed by atoms with Crippen molar-refractivity contribution >= 4 is 17.8 Å². The number of methoxy groups -OCH3 is 3. The normalized spacial score (nSPS) is 10.4. The first kappa shape index (κ1) is 19.1. The van der Waals surface area contributed by atoms with Crippen LogP contribution in [0.15, 0.2) is 12.2 Å². The number of hydrogen-bond acceptors (Lipinski definition) is 7. The summed E-state index contributed by atoms with van der Waals surface area (Å²) in [6, 6.07) is 0. The van der Waals surface area contributed by atoms with Crippen molar-refractivity contribution in [2.45, 2.75) is 0 Å². The molecule has 0 aliphatic rings. The number of ether oxygens (including phenoxy) is 4. The molecule has 21 heavy (non-hydrogen) atoms. The second-order valence-corrected chi connectivity index (χ2v) is 3.83. The van der Waals surface area contributed by atoms with Gasteiger partial charge in [-0.1, -0.05) is 0 Å². The maximum Gasteiger partial charge on any atom is 0.331 e. The van der Waals surface area contributed by atoms with Gasteiger partial charge in [0, 0.05) is 39.5 Å². The highest BCUT2D eigenvalue weighted by molar-refractivity contribution is 5.92. The Kier molecular flexibility index (Phi) is 10.8. The number of esters is 2. The van der Waals surface area contributed by atoms with E-state index in [0.717, 1.165) is 12.2 Å². The molecular weight excluding hydrogens is 282 g/mol. The van der Waals surface area contributed by atoms with Crippen molar-refractivity contribution in [2.75, 3.05) is 54.2 Å². The van der Waals surface area contributed by atoms with Crippen LogP contribution in [0, 0.1) is 0 Å². The SMILES string of the molecule is COCCN(CCOC)C(=O)COC(=O)C=CC(=O)OC. The predicted octanol–water partition coefficient (Wildman–Crippen LogP) is -0.620. The van der Waals surface area contributed by atoms with Crippen LogP contribution < -0.4 is 0 Å². The van der Waals surface area contributed by atoms with E-state index in [-0.39, 0.29) is 5.91 Å². The Bertz CT molecular complexity index is 360. The van der Waals surface area contributed by atoms with Gasteiger partial charge >= 0.3 is 11.9 Å². The standard InChI is InChI=1S/C13H21NO7/c1-18-8-6-14(7-9-19-2)11(15)10-21-13(17)5-4-12(16)20-3/h4-5H,6-10H2,1-3H3. The lowest BCUT2D eigenvalue weighted by Crippen LogP contribution is -2.39. The van der Waals surface area contributed by atoms with Gasteiger partial charge < -0.3 is 23.8 Å². The quantitative estimate of drug-likeness (QED) is 0.392. The van der Waals surface area contributed by atoms with Crippen molar-refractivity contribution in [1.29, 1.82) is 0 Å². The number of hydrogen-bond donors (Lipinski definition) is 0. The summed E-state index contributed by atoms with van der Waals surface area (Å²) >= 11 is 0. The first-order chi connectivity index (χ1) is 10.0. The van der Waals surface area contributed by atoms with Crippen LogP contribution >= 0.6 is 0 Å². The Morgan fingerprint density at radius 2 is 1.43 bits per heavy atom. The third kappa shape index (κ3) is 9.58. The molecule has 0 spiro atoms. The van der Waals surface area contributed by atoms with Crippen LogP contribution in [0.5, 0.6) is 0 Å². The second kappa shape index (κ2) is 11.9. The Morgan fingerprint density at radius 1 is 0.905 bits per heavy atom. The van der Waals surface area contributed by atoms with E-state index in [1.165, 1.54) is 26.2 Å². The lowest BCUT2D eigenvalue weighted by Gasteiger charge is -2.21. The maximum absolute atomic E-state index is 11.9. The monoisotopic (exact) mass is 303 g/mol. The fourth-order valence-electron chi connectivity index (χ4n) is 1.24. The van der Waals surface area contributed by atoms with Gasteiger partial charge in [0.25, 0.3) is 5.91 Å². The highest BCUT2D eigenvalue weighted by Crippen LogP contribution is 1.94. The Hall–Kier alpha value is -1.93. The zero-order chi connectivity index (χ0) is 16.1. The van der Waals surface area contributed by atoms with Gasteiger partial charge in [0.1, 0.15) is 0 Å².